The van der Waals surface area contributed by atoms with Crippen molar-refractivity contribution in [2.24, 2.45) is 19.2 Å². The zero-order chi connectivity index (χ0) is 18.6. The third-order valence-electron chi connectivity index (χ3n) is 3.28. The maximum absolute atomic E-state index is 12.4. The Morgan fingerprint density at radius 1 is 1.40 bits per heavy atom. The van der Waals surface area contributed by atoms with Crippen molar-refractivity contribution in [1.82, 2.24) is 18.7 Å². The summed E-state index contributed by atoms with van der Waals surface area (Å²) in [5.41, 5.74) is 1.70. The second-order valence-electron chi connectivity index (χ2n) is 4.84. The zero-order valence-electron chi connectivity index (χ0n) is 13.4. The molecule has 0 spiro atoms. The molecule has 0 unspecified atom stereocenters. The van der Waals surface area contributed by atoms with Gasteiger partial charge in [0, 0.05) is 20.2 Å². The summed E-state index contributed by atoms with van der Waals surface area (Å²) >= 11 is 0. The predicted molar refractivity (Wildman–Crippen MR) is 90.9 cm³/mol. The van der Waals surface area contributed by atoms with Gasteiger partial charge in [0.2, 0.25) is 5.95 Å². The molecule has 0 aliphatic rings. The topological polar surface area (TPSA) is 127 Å². The molecule has 10 heteroatoms. The molecule has 126 valence electrons. The maximum atomic E-state index is 12.4. The summed E-state index contributed by atoms with van der Waals surface area (Å²) in [7, 11) is 2.82. The highest BCUT2D eigenvalue weighted by Crippen LogP contribution is 2.15. The Morgan fingerprint density at radius 2 is 2.12 bits per heavy atom. The third-order valence-corrected chi connectivity index (χ3v) is 3.28. The standard InChI is InChI=1S/C15H13N7O3/c1-4-8-22-11-12(20(2)15(25)21(3)13(11)24)18-14(22)19-17-9-10(23)6-5-7-16/h1,5-6,9H,8H2,2-3H3,(H,18,19)/b6-5+,17-9-. The summed E-state index contributed by atoms with van der Waals surface area (Å²) in [5.74, 6) is 1.97. The van der Waals surface area contributed by atoms with E-state index in [1.807, 2.05) is 0 Å². The van der Waals surface area contributed by atoms with Crippen molar-refractivity contribution in [3.8, 4) is 18.4 Å². The van der Waals surface area contributed by atoms with E-state index < -0.39 is 17.0 Å². The molecular weight excluding hydrogens is 326 g/mol. The molecule has 2 rings (SSSR count). The van der Waals surface area contributed by atoms with Crippen LogP contribution in [0.4, 0.5) is 5.95 Å². The molecule has 2 heterocycles. The van der Waals surface area contributed by atoms with E-state index in [9.17, 15) is 14.4 Å². The minimum absolute atomic E-state index is 0.00405. The molecule has 0 aliphatic carbocycles. The number of anilines is 1. The van der Waals surface area contributed by atoms with E-state index >= 15 is 0 Å². The number of allylic oxidation sites excluding steroid dienone is 2. The fraction of sp³-hybridized carbons (Fsp3) is 0.200. The van der Waals surface area contributed by atoms with Gasteiger partial charge in [-0.05, 0) is 6.08 Å². The van der Waals surface area contributed by atoms with Crippen LogP contribution in [0.5, 0.6) is 0 Å². The van der Waals surface area contributed by atoms with Crippen molar-refractivity contribution in [1.29, 1.82) is 5.26 Å². The van der Waals surface area contributed by atoms with Gasteiger partial charge in [-0.15, -0.1) is 6.42 Å². The van der Waals surface area contributed by atoms with Crippen molar-refractivity contribution in [3.05, 3.63) is 33.0 Å². The molecule has 0 bridgehead atoms. The minimum atomic E-state index is -0.550. The number of aromatic nitrogens is 4. The molecule has 0 aliphatic heterocycles. The number of imidazole rings is 1. The number of aryl methyl sites for hydroxylation is 1. The summed E-state index contributed by atoms with van der Waals surface area (Å²) in [6.45, 7) is 0.00405. The molecule has 10 nitrogen and oxygen atoms in total. The average Bonchev–Trinajstić information content (AvgIpc) is 2.95. The zero-order valence-corrected chi connectivity index (χ0v) is 13.4. The SMILES string of the molecule is C#CCn1c(N/N=C\C(=O)/C=C/C#N)nc2c1c(=O)n(C)c(=O)n2C. The molecule has 25 heavy (non-hydrogen) atoms. The number of rotatable bonds is 5. The van der Waals surface area contributed by atoms with Crippen molar-refractivity contribution in [2.45, 2.75) is 6.54 Å². The highest BCUT2D eigenvalue weighted by atomic mass is 16.2. The number of fused-ring (bicyclic) bond motifs is 1. The van der Waals surface area contributed by atoms with Gasteiger partial charge in [-0.25, -0.2) is 10.2 Å². The lowest BCUT2D eigenvalue weighted by atomic mass is 10.4. The summed E-state index contributed by atoms with van der Waals surface area (Å²) in [6, 6.07) is 1.68. The first-order chi connectivity index (χ1) is 11.9. The monoisotopic (exact) mass is 339 g/mol. The predicted octanol–water partition coefficient (Wildman–Crippen LogP) is -0.887. The summed E-state index contributed by atoms with van der Waals surface area (Å²) in [6.07, 6.45) is 8.32. The first kappa shape index (κ1) is 17.4. The van der Waals surface area contributed by atoms with Crippen LogP contribution in [0.2, 0.25) is 0 Å². The lowest BCUT2D eigenvalue weighted by Gasteiger charge is -2.05. The molecule has 0 radical (unpaired) electrons. The second-order valence-corrected chi connectivity index (χ2v) is 4.84. The smallest absolute Gasteiger partial charge is 0.291 e. The van der Waals surface area contributed by atoms with Gasteiger partial charge in [-0.1, -0.05) is 5.92 Å². The third kappa shape index (κ3) is 3.23. The van der Waals surface area contributed by atoms with Crippen LogP contribution < -0.4 is 16.7 Å². The number of carbonyl (C=O) groups excluding carboxylic acids is 1. The van der Waals surface area contributed by atoms with Gasteiger partial charge in [0.05, 0.1) is 18.8 Å². The Bertz CT molecular complexity index is 1100. The number of nitriles is 1. The van der Waals surface area contributed by atoms with E-state index in [2.05, 4.69) is 21.4 Å². The number of nitrogens with zero attached hydrogens (tertiary/aromatic N) is 6. The lowest BCUT2D eigenvalue weighted by molar-refractivity contribution is -0.108. The summed E-state index contributed by atoms with van der Waals surface area (Å²) < 4.78 is 3.53. The highest BCUT2D eigenvalue weighted by Gasteiger charge is 2.18. The average molecular weight is 339 g/mol. The molecule has 0 saturated carbocycles. The van der Waals surface area contributed by atoms with Crippen LogP contribution in [0.1, 0.15) is 0 Å². The number of terminal acetylenes is 1. The van der Waals surface area contributed by atoms with E-state index in [1.54, 1.807) is 6.07 Å². The molecule has 0 fully saturated rings. The van der Waals surface area contributed by atoms with E-state index in [0.717, 1.165) is 22.9 Å². The van der Waals surface area contributed by atoms with E-state index in [0.29, 0.717) is 0 Å². The van der Waals surface area contributed by atoms with Crippen molar-refractivity contribution >= 4 is 29.1 Å². The number of ketones is 1. The van der Waals surface area contributed by atoms with Gasteiger partial charge in [-0.3, -0.25) is 23.3 Å². The van der Waals surface area contributed by atoms with E-state index in [4.69, 9.17) is 11.7 Å². The van der Waals surface area contributed by atoms with Gasteiger partial charge < -0.3 is 0 Å². The first-order valence-corrected chi connectivity index (χ1v) is 6.91. The van der Waals surface area contributed by atoms with Crippen molar-refractivity contribution in [3.63, 3.8) is 0 Å². The van der Waals surface area contributed by atoms with Crippen LogP contribution in [0.25, 0.3) is 11.2 Å². The second kappa shape index (κ2) is 7.10. The molecule has 0 amide bonds. The number of hydrazone groups is 1. The number of hydrogen-bond acceptors (Lipinski definition) is 7. The number of hydrogen-bond donors (Lipinski definition) is 1. The van der Waals surface area contributed by atoms with Crippen LogP contribution in [-0.2, 0) is 25.4 Å². The fourth-order valence-corrected chi connectivity index (χ4v) is 2.09. The molecule has 0 atom stereocenters. The molecule has 1 N–H and O–H groups in total. The Hall–Kier alpha value is -3.92. The van der Waals surface area contributed by atoms with Crippen LogP contribution in [-0.4, -0.2) is 30.7 Å². The van der Waals surface area contributed by atoms with Crippen LogP contribution >= 0.6 is 0 Å². The Morgan fingerprint density at radius 3 is 2.76 bits per heavy atom. The molecule has 0 saturated heterocycles. The molecule has 0 aromatic carbocycles. The van der Waals surface area contributed by atoms with Gasteiger partial charge in [-0.2, -0.15) is 15.3 Å². The molecule has 2 aromatic heterocycles. The van der Waals surface area contributed by atoms with Crippen molar-refractivity contribution < 1.29 is 4.79 Å². The Kier molecular flexibility index (Phi) is 4.95. The summed E-state index contributed by atoms with van der Waals surface area (Å²) in [5, 5.41) is 12.1. The van der Waals surface area contributed by atoms with Gasteiger partial charge in [0.1, 0.15) is 0 Å². The van der Waals surface area contributed by atoms with Crippen LogP contribution in [0, 0.1) is 23.7 Å². The quantitative estimate of drug-likeness (QED) is 0.248. The van der Waals surface area contributed by atoms with Crippen LogP contribution in [0.3, 0.4) is 0 Å². The molecule has 2 aromatic rings. The van der Waals surface area contributed by atoms with Gasteiger partial charge >= 0.3 is 5.69 Å². The van der Waals surface area contributed by atoms with Crippen molar-refractivity contribution in [2.75, 3.05) is 5.43 Å². The number of carbonyl (C=O) groups is 1. The highest BCUT2D eigenvalue weighted by molar-refractivity contribution is 6.32. The van der Waals surface area contributed by atoms with E-state index in [-0.39, 0.29) is 23.7 Å². The minimum Gasteiger partial charge on any atom is -0.291 e. The largest absolute Gasteiger partial charge is 0.332 e. The lowest BCUT2D eigenvalue weighted by Crippen LogP contribution is -2.37. The number of nitrogens with one attached hydrogen (secondary N) is 1. The van der Waals surface area contributed by atoms with Crippen LogP contribution in [0.15, 0.2) is 26.8 Å². The van der Waals surface area contributed by atoms with E-state index in [1.165, 1.54) is 23.2 Å². The maximum Gasteiger partial charge on any atom is 0.332 e. The molecular formula is C15H13N7O3. The Labute approximate surface area is 141 Å². The van der Waals surface area contributed by atoms with Gasteiger partial charge in [0.15, 0.2) is 16.9 Å². The summed E-state index contributed by atoms with van der Waals surface area (Å²) in [4.78, 5) is 39.9. The first-order valence-electron chi connectivity index (χ1n) is 6.91. The Balaban J connectivity index is 2.55. The fourth-order valence-electron chi connectivity index (χ4n) is 2.09. The normalized spacial score (nSPS) is 11.0. The van der Waals surface area contributed by atoms with Gasteiger partial charge in [0.25, 0.3) is 5.56 Å².